The van der Waals surface area contributed by atoms with Crippen LogP contribution in [-0.4, -0.2) is 28.4 Å². The predicted octanol–water partition coefficient (Wildman–Crippen LogP) is 6.25. The number of anilines is 1. The van der Waals surface area contributed by atoms with Crippen LogP contribution >= 0.6 is 15.9 Å². The minimum atomic E-state index is -0.527. The van der Waals surface area contributed by atoms with Gasteiger partial charge in [-0.1, -0.05) is 59.5 Å². The standard InChI is InChI=1S/C29H26BrFN4O3/c30-21-14-15-26(38-18-27(36)33-25-13-7-5-11-23(25)31)20(16-21)17-32-35-28(19-8-2-1-3-9-19)34-24-12-6-4-10-22(24)29(35)37/h4-7,10-17,19H,1-3,8-9,18H2,(H,33,36). The second-order valence-corrected chi connectivity index (χ2v) is 10.1. The highest BCUT2D eigenvalue weighted by Gasteiger charge is 2.22. The highest BCUT2D eigenvalue weighted by Crippen LogP contribution is 2.32. The maximum absolute atomic E-state index is 13.9. The van der Waals surface area contributed by atoms with Gasteiger partial charge in [0.05, 0.1) is 22.8 Å². The molecule has 3 aromatic carbocycles. The normalized spacial score (nSPS) is 14.2. The van der Waals surface area contributed by atoms with E-state index in [0.29, 0.717) is 28.0 Å². The Balaban J connectivity index is 1.43. The number of hydrogen-bond donors (Lipinski definition) is 1. The van der Waals surface area contributed by atoms with Crippen molar-refractivity contribution in [3.63, 3.8) is 0 Å². The van der Waals surface area contributed by atoms with E-state index in [1.807, 2.05) is 18.2 Å². The van der Waals surface area contributed by atoms with Crippen molar-refractivity contribution in [3.8, 4) is 5.75 Å². The molecule has 7 nitrogen and oxygen atoms in total. The number of carbonyl (C=O) groups excluding carboxylic acids is 1. The van der Waals surface area contributed by atoms with Crippen molar-refractivity contribution >= 4 is 44.6 Å². The van der Waals surface area contributed by atoms with Gasteiger partial charge in [0.2, 0.25) is 0 Å². The lowest BCUT2D eigenvalue weighted by Gasteiger charge is -2.22. The number of amides is 1. The van der Waals surface area contributed by atoms with E-state index in [-0.39, 0.29) is 23.8 Å². The molecule has 1 aromatic heterocycles. The van der Waals surface area contributed by atoms with E-state index in [2.05, 4.69) is 26.3 Å². The summed E-state index contributed by atoms with van der Waals surface area (Å²) in [6.45, 7) is -0.332. The minimum absolute atomic E-state index is 0.0807. The van der Waals surface area contributed by atoms with Gasteiger partial charge in [-0.15, -0.1) is 0 Å². The van der Waals surface area contributed by atoms with Gasteiger partial charge < -0.3 is 10.1 Å². The Morgan fingerprint density at radius 3 is 2.68 bits per heavy atom. The Morgan fingerprint density at radius 2 is 1.87 bits per heavy atom. The lowest BCUT2D eigenvalue weighted by molar-refractivity contribution is -0.118. The number of ether oxygens (including phenoxy) is 1. The van der Waals surface area contributed by atoms with Crippen LogP contribution in [0.15, 0.2) is 81.1 Å². The second kappa shape index (κ2) is 11.7. The van der Waals surface area contributed by atoms with Gasteiger partial charge in [0.15, 0.2) is 6.61 Å². The van der Waals surface area contributed by atoms with Gasteiger partial charge in [-0.05, 0) is 55.3 Å². The van der Waals surface area contributed by atoms with Crippen molar-refractivity contribution in [3.05, 3.63) is 98.8 Å². The molecule has 0 bridgehead atoms. The zero-order valence-corrected chi connectivity index (χ0v) is 22.2. The number of nitrogens with one attached hydrogen (secondary N) is 1. The van der Waals surface area contributed by atoms with Crippen molar-refractivity contribution < 1.29 is 13.9 Å². The van der Waals surface area contributed by atoms with Gasteiger partial charge in [-0.25, -0.2) is 9.37 Å². The van der Waals surface area contributed by atoms with Crippen molar-refractivity contribution in [2.24, 2.45) is 5.10 Å². The first-order valence-corrected chi connectivity index (χ1v) is 13.3. The Morgan fingerprint density at radius 1 is 1.11 bits per heavy atom. The molecule has 0 aliphatic heterocycles. The van der Waals surface area contributed by atoms with Crippen LogP contribution in [0.1, 0.15) is 49.4 Å². The maximum atomic E-state index is 13.9. The lowest BCUT2D eigenvalue weighted by atomic mass is 9.88. The molecule has 1 heterocycles. The Bertz CT molecular complexity index is 1560. The van der Waals surface area contributed by atoms with E-state index < -0.39 is 11.7 Å². The van der Waals surface area contributed by atoms with E-state index in [1.54, 1.807) is 42.6 Å². The SMILES string of the molecule is O=C(COc1ccc(Br)cc1C=Nn1c(C2CCCCC2)nc2ccccc2c1=O)Nc1ccccc1F. The highest BCUT2D eigenvalue weighted by atomic mass is 79.9. The number of para-hydroxylation sites is 2. The first-order valence-electron chi connectivity index (χ1n) is 12.5. The average molecular weight is 577 g/mol. The number of nitrogens with zero attached hydrogens (tertiary/aromatic N) is 3. The predicted molar refractivity (Wildman–Crippen MR) is 149 cm³/mol. The first kappa shape index (κ1) is 25.8. The molecular formula is C29H26BrFN4O3. The summed E-state index contributed by atoms with van der Waals surface area (Å²) in [6.07, 6.45) is 6.83. The number of hydrogen-bond acceptors (Lipinski definition) is 5. The minimum Gasteiger partial charge on any atom is -0.483 e. The molecular weight excluding hydrogens is 551 g/mol. The topological polar surface area (TPSA) is 85.6 Å². The Labute approximate surface area is 227 Å². The summed E-state index contributed by atoms with van der Waals surface area (Å²) in [7, 11) is 0. The molecule has 1 aliphatic carbocycles. The van der Waals surface area contributed by atoms with Crippen LogP contribution in [0.4, 0.5) is 10.1 Å². The molecule has 0 spiro atoms. The van der Waals surface area contributed by atoms with E-state index in [4.69, 9.17) is 9.72 Å². The number of halogens is 2. The van der Waals surface area contributed by atoms with E-state index in [0.717, 1.165) is 30.2 Å². The number of rotatable bonds is 7. The van der Waals surface area contributed by atoms with Gasteiger partial charge in [-0.2, -0.15) is 9.78 Å². The van der Waals surface area contributed by atoms with Gasteiger partial charge in [0.1, 0.15) is 17.4 Å². The highest BCUT2D eigenvalue weighted by molar-refractivity contribution is 9.10. The van der Waals surface area contributed by atoms with Crippen LogP contribution in [0.2, 0.25) is 0 Å². The van der Waals surface area contributed by atoms with E-state index in [9.17, 15) is 14.0 Å². The molecule has 0 atom stereocenters. The summed E-state index contributed by atoms with van der Waals surface area (Å²) < 4.78 is 21.8. The quantitative estimate of drug-likeness (QED) is 0.264. The van der Waals surface area contributed by atoms with Crippen molar-refractivity contribution in [1.29, 1.82) is 0 Å². The molecule has 1 amide bonds. The summed E-state index contributed by atoms with van der Waals surface area (Å²) in [5.74, 6) is 0.169. The van der Waals surface area contributed by atoms with Gasteiger partial charge in [0, 0.05) is 16.0 Å². The average Bonchev–Trinajstić information content (AvgIpc) is 2.93. The molecule has 5 rings (SSSR count). The Kier molecular flexibility index (Phi) is 7.93. The fourth-order valence-electron chi connectivity index (χ4n) is 4.64. The molecule has 1 N–H and O–H groups in total. The third kappa shape index (κ3) is 5.83. The molecule has 4 aromatic rings. The second-order valence-electron chi connectivity index (χ2n) is 9.18. The molecule has 194 valence electrons. The molecule has 0 radical (unpaired) electrons. The van der Waals surface area contributed by atoms with Crippen LogP contribution in [0.3, 0.4) is 0 Å². The van der Waals surface area contributed by atoms with Crippen molar-refractivity contribution in [2.45, 2.75) is 38.0 Å². The summed E-state index contributed by atoms with van der Waals surface area (Å²) >= 11 is 3.46. The molecule has 0 unspecified atom stereocenters. The maximum Gasteiger partial charge on any atom is 0.282 e. The zero-order valence-electron chi connectivity index (χ0n) is 20.6. The smallest absolute Gasteiger partial charge is 0.282 e. The van der Waals surface area contributed by atoms with Crippen molar-refractivity contribution in [2.75, 3.05) is 11.9 Å². The van der Waals surface area contributed by atoms with E-state index in [1.165, 1.54) is 23.2 Å². The fraction of sp³-hybridized carbons (Fsp3) is 0.241. The van der Waals surface area contributed by atoms with Gasteiger partial charge in [0.25, 0.3) is 11.5 Å². The Hall–Kier alpha value is -3.85. The molecule has 38 heavy (non-hydrogen) atoms. The van der Waals surface area contributed by atoms with Crippen LogP contribution < -0.4 is 15.6 Å². The van der Waals surface area contributed by atoms with Crippen LogP contribution in [0.5, 0.6) is 5.75 Å². The number of fused-ring (bicyclic) bond motifs is 1. The molecule has 1 fully saturated rings. The summed E-state index contributed by atoms with van der Waals surface area (Å²) in [6, 6.07) is 18.5. The van der Waals surface area contributed by atoms with Crippen LogP contribution in [0, 0.1) is 5.82 Å². The monoisotopic (exact) mass is 576 g/mol. The molecule has 1 aliphatic rings. The van der Waals surface area contributed by atoms with E-state index >= 15 is 0 Å². The lowest BCUT2D eigenvalue weighted by Crippen LogP contribution is -2.25. The number of carbonyl (C=O) groups is 1. The molecule has 1 saturated carbocycles. The summed E-state index contributed by atoms with van der Waals surface area (Å²) in [4.78, 5) is 30.7. The van der Waals surface area contributed by atoms with Crippen LogP contribution in [0.25, 0.3) is 10.9 Å². The summed E-state index contributed by atoms with van der Waals surface area (Å²) in [5, 5.41) is 7.58. The van der Waals surface area contributed by atoms with Gasteiger partial charge in [-0.3, -0.25) is 9.59 Å². The largest absolute Gasteiger partial charge is 0.483 e. The van der Waals surface area contributed by atoms with Gasteiger partial charge >= 0.3 is 0 Å². The van der Waals surface area contributed by atoms with Crippen LogP contribution in [-0.2, 0) is 4.79 Å². The zero-order chi connectivity index (χ0) is 26.5. The fourth-order valence-corrected chi connectivity index (χ4v) is 5.02. The summed E-state index contributed by atoms with van der Waals surface area (Å²) in [5.41, 5.74) is 1.08. The van der Waals surface area contributed by atoms with Crippen molar-refractivity contribution in [1.82, 2.24) is 9.66 Å². The third-order valence-electron chi connectivity index (χ3n) is 6.54. The first-order chi connectivity index (χ1) is 18.5. The molecule has 9 heteroatoms. The number of aromatic nitrogens is 2. The molecule has 0 saturated heterocycles. The third-order valence-corrected chi connectivity index (χ3v) is 7.03. The number of benzene rings is 3.